The molecule has 0 spiro atoms. The van der Waals surface area contributed by atoms with Gasteiger partial charge in [-0.3, -0.25) is 9.59 Å². The lowest BCUT2D eigenvalue weighted by atomic mass is 10.2. The summed E-state index contributed by atoms with van der Waals surface area (Å²) in [7, 11) is 0. The van der Waals surface area contributed by atoms with Gasteiger partial charge in [-0.2, -0.15) is 0 Å². The van der Waals surface area contributed by atoms with Crippen molar-refractivity contribution in [1.82, 2.24) is 4.57 Å². The average molecular weight is 390 g/mol. The van der Waals surface area contributed by atoms with Crippen molar-refractivity contribution in [2.24, 2.45) is 0 Å². The number of hydrogen-bond acceptors (Lipinski definition) is 4. The highest BCUT2D eigenvalue weighted by Crippen LogP contribution is 2.35. The molecule has 1 N–H and O–H groups in total. The van der Waals surface area contributed by atoms with E-state index in [9.17, 15) is 14.4 Å². The molecule has 3 aromatic rings. The molecule has 4 rings (SSSR count). The first-order chi connectivity index (χ1) is 13.5. The van der Waals surface area contributed by atoms with E-state index < -0.39 is 5.97 Å². The number of aromatic carboxylic acids is 1. The van der Waals surface area contributed by atoms with Crippen LogP contribution in [0.4, 0.5) is 10.5 Å². The number of hydrogen-bond donors (Lipinski definition) is 1. The average Bonchev–Trinajstić information content (AvgIpc) is 3.27. The van der Waals surface area contributed by atoms with E-state index in [-0.39, 0.29) is 16.7 Å². The fourth-order valence-corrected chi connectivity index (χ4v) is 3.74. The Bertz CT molecular complexity index is 1100. The third-order valence-electron chi connectivity index (χ3n) is 4.26. The number of benzene rings is 2. The summed E-state index contributed by atoms with van der Waals surface area (Å²) in [6.07, 6.45) is 3.47. The lowest BCUT2D eigenvalue weighted by Gasteiger charge is -2.11. The molecule has 1 aliphatic rings. The molecule has 0 bridgehead atoms. The van der Waals surface area contributed by atoms with Crippen LogP contribution in [0.25, 0.3) is 11.8 Å². The molecule has 0 atom stereocenters. The number of aromatic nitrogens is 1. The van der Waals surface area contributed by atoms with E-state index in [1.54, 1.807) is 42.5 Å². The molecule has 2 aromatic carbocycles. The number of carboxylic acid groups (broad SMARTS) is 1. The van der Waals surface area contributed by atoms with Crippen LogP contribution in [0, 0.1) is 0 Å². The summed E-state index contributed by atoms with van der Waals surface area (Å²) in [4.78, 5) is 37.6. The van der Waals surface area contributed by atoms with Gasteiger partial charge in [-0.05, 0) is 66.4 Å². The summed E-state index contributed by atoms with van der Waals surface area (Å²) >= 11 is 0.893. The molecule has 1 saturated heterocycles. The van der Waals surface area contributed by atoms with Crippen LogP contribution >= 0.6 is 11.8 Å². The zero-order chi connectivity index (χ0) is 19.7. The predicted molar refractivity (Wildman–Crippen MR) is 108 cm³/mol. The first kappa shape index (κ1) is 17.8. The summed E-state index contributed by atoms with van der Waals surface area (Å²) in [6.45, 7) is 0. The summed E-state index contributed by atoms with van der Waals surface area (Å²) < 4.78 is 1.82. The summed E-state index contributed by atoms with van der Waals surface area (Å²) in [5.74, 6) is -1.36. The Morgan fingerprint density at radius 2 is 1.61 bits per heavy atom. The number of nitrogens with zero attached hydrogens (tertiary/aromatic N) is 2. The molecule has 1 fully saturated rings. The van der Waals surface area contributed by atoms with Crippen LogP contribution < -0.4 is 4.90 Å². The van der Waals surface area contributed by atoms with Gasteiger partial charge in [0.25, 0.3) is 11.1 Å². The van der Waals surface area contributed by atoms with E-state index >= 15 is 0 Å². The number of imide groups is 1. The number of rotatable bonds is 4. The van der Waals surface area contributed by atoms with Crippen molar-refractivity contribution in [3.8, 4) is 5.69 Å². The summed E-state index contributed by atoms with van der Waals surface area (Å²) in [5, 5.41) is 8.69. The summed E-state index contributed by atoms with van der Waals surface area (Å²) in [6, 6.07) is 18.9. The molecule has 2 heterocycles. The lowest BCUT2D eigenvalue weighted by molar-refractivity contribution is -0.113. The van der Waals surface area contributed by atoms with Crippen LogP contribution in [0.2, 0.25) is 0 Å². The van der Waals surface area contributed by atoms with Crippen LogP contribution in [0.5, 0.6) is 0 Å². The standard InChI is InChI=1S/C21H14N2O4S/c24-19-18(28-21(27)23(19)16-5-2-1-3-6-16)13-17-7-4-12-22(17)15-10-8-14(9-11-15)20(25)26/h1-13H,(H,25,26). The number of para-hydroxylation sites is 1. The number of thioether (sulfide) groups is 1. The number of carbonyl (C=O) groups excluding carboxylic acids is 2. The van der Waals surface area contributed by atoms with Crippen LogP contribution in [0.3, 0.4) is 0 Å². The van der Waals surface area contributed by atoms with E-state index in [4.69, 9.17) is 5.11 Å². The Kier molecular flexibility index (Phi) is 4.58. The SMILES string of the molecule is O=C(O)c1ccc(-n2cccc2C=C2SC(=O)N(c3ccccc3)C2=O)cc1. The number of amides is 2. The first-order valence-corrected chi connectivity index (χ1v) is 9.20. The Labute approximate surface area is 164 Å². The van der Waals surface area contributed by atoms with Crippen molar-refractivity contribution in [2.75, 3.05) is 4.90 Å². The molecular weight excluding hydrogens is 376 g/mol. The Morgan fingerprint density at radius 3 is 2.29 bits per heavy atom. The maximum absolute atomic E-state index is 12.8. The predicted octanol–water partition coefficient (Wildman–Crippen LogP) is 4.42. The van der Waals surface area contributed by atoms with Gasteiger partial charge in [-0.15, -0.1) is 0 Å². The van der Waals surface area contributed by atoms with Crippen molar-refractivity contribution in [3.05, 3.63) is 89.1 Å². The Hall–Kier alpha value is -3.58. The lowest BCUT2D eigenvalue weighted by Crippen LogP contribution is -2.27. The second-order valence-corrected chi connectivity index (χ2v) is 7.00. The highest BCUT2D eigenvalue weighted by molar-refractivity contribution is 8.19. The molecule has 0 radical (unpaired) electrons. The number of carboxylic acids is 1. The monoisotopic (exact) mass is 390 g/mol. The van der Waals surface area contributed by atoms with E-state index in [1.807, 2.05) is 29.0 Å². The minimum Gasteiger partial charge on any atom is -0.478 e. The van der Waals surface area contributed by atoms with Crippen LogP contribution in [0.1, 0.15) is 16.1 Å². The molecule has 138 valence electrons. The second kappa shape index (κ2) is 7.21. The van der Waals surface area contributed by atoms with Gasteiger partial charge in [0.15, 0.2) is 0 Å². The van der Waals surface area contributed by atoms with E-state index in [1.165, 1.54) is 12.1 Å². The zero-order valence-corrected chi connectivity index (χ0v) is 15.3. The first-order valence-electron chi connectivity index (χ1n) is 8.39. The quantitative estimate of drug-likeness (QED) is 0.667. The molecular formula is C21H14N2O4S. The van der Waals surface area contributed by atoms with Crippen molar-refractivity contribution in [3.63, 3.8) is 0 Å². The minimum absolute atomic E-state index is 0.196. The molecule has 2 amide bonds. The Morgan fingerprint density at radius 1 is 0.893 bits per heavy atom. The maximum atomic E-state index is 12.8. The van der Waals surface area contributed by atoms with Gasteiger partial charge in [0, 0.05) is 17.6 Å². The second-order valence-electron chi connectivity index (χ2n) is 6.01. The van der Waals surface area contributed by atoms with Crippen LogP contribution in [-0.4, -0.2) is 26.8 Å². The van der Waals surface area contributed by atoms with Gasteiger partial charge in [0.05, 0.1) is 16.2 Å². The van der Waals surface area contributed by atoms with Crippen LogP contribution in [0.15, 0.2) is 77.8 Å². The van der Waals surface area contributed by atoms with Crippen molar-refractivity contribution >= 4 is 40.6 Å². The normalized spacial score (nSPS) is 15.4. The fraction of sp³-hybridized carbons (Fsp3) is 0. The van der Waals surface area contributed by atoms with Gasteiger partial charge < -0.3 is 9.67 Å². The van der Waals surface area contributed by atoms with Crippen molar-refractivity contribution < 1.29 is 19.5 Å². The maximum Gasteiger partial charge on any atom is 0.335 e. The van der Waals surface area contributed by atoms with Gasteiger partial charge >= 0.3 is 5.97 Å². The molecule has 6 nitrogen and oxygen atoms in total. The molecule has 0 unspecified atom stereocenters. The number of anilines is 1. The van der Waals surface area contributed by atoms with Crippen molar-refractivity contribution in [2.45, 2.75) is 0 Å². The molecule has 1 aliphatic heterocycles. The third kappa shape index (κ3) is 3.23. The molecule has 7 heteroatoms. The van der Waals surface area contributed by atoms with E-state index in [0.717, 1.165) is 22.3 Å². The summed E-state index contributed by atoms with van der Waals surface area (Å²) in [5.41, 5.74) is 2.19. The molecule has 0 saturated carbocycles. The highest BCUT2D eigenvalue weighted by Gasteiger charge is 2.36. The van der Waals surface area contributed by atoms with Gasteiger partial charge in [-0.1, -0.05) is 18.2 Å². The zero-order valence-electron chi connectivity index (χ0n) is 14.5. The van der Waals surface area contributed by atoms with Gasteiger partial charge in [-0.25, -0.2) is 9.69 Å². The number of carbonyl (C=O) groups is 3. The molecule has 0 aliphatic carbocycles. The molecule has 1 aromatic heterocycles. The minimum atomic E-state index is -0.992. The van der Waals surface area contributed by atoms with Crippen LogP contribution in [-0.2, 0) is 4.79 Å². The topological polar surface area (TPSA) is 79.6 Å². The third-order valence-corrected chi connectivity index (χ3v) is 5.13. The van der Waals surface area contributed by atoms with E-state index in [2.05, 4.69) is 0 Å². The van der Waals surface area contributed by atoms with Gasteiger partial charge in [0.1, 0.15) is 0 Å². The Balaban J connectivity index is 1.66. The van der Waals surface area contributed by atoms with Gasteiger partial charge in [0.2, 0.25) is 0 Å². The van der Waals surface area contributed by atoms with Crippen molar-refractivity contribution in [1.29, 1.82) is 0 Å². The molecule has 28 heavy (non-hydrogen) atoms. The van der Waals surface area contributed by atoms with E-state index in [0.29, 0.717) is 16.3 Å². The highest BCUT2D eigenvalue weighted by atomic mass is 32.2. The fourth-order valence-electron chi connectivity index (χ4n) is 2.91. The largest absolute Gasteiger partial charge is 0.478 e. The smallest absolute Gasteiger partial charge is 0.335 e.